The number of halogens is 1. The molecule has 2 N–H and O–H groups in total. The number of rotatable bonds is 9. The molecule has 0 aliphatic heterocycles. The number of hydrogen-bond acceptors (Lipinski definition) is 4. The zero-order chi connectivity index (χ0) is 23.5. The summed E-state index contributed by atoms with van der Waals surface area (Å²) in [4.78, 5) is 26.4. The van der Waals surface area contributed by atoms with Gasteiger partial charge in [-0.2, -0.15) is 0 Å². The second kappa shape index (κ2) is 9.98. The molecule has 0 unspecified atom stereocenters. The van der Waals surface area contributed by atoms with Gasteiger partial charge in [-0.25, -0.2) is 4.39 Å². The van der Waals surface area contributed by atoms with Crippen molar-refractivity contribution in [3.05, 3.63) is 59.9 Å². The van der Waals surface area contributed by atoms with E-state index >= 15 is 0 Å². The Morgan fingerprint density at radius 1 is 0.971 bits per heavy atom. The van der Waals surface area contributed by atoms with E-state index in [2.05, 4.69) is 10.6 Å². The number of ether oxygens (including phenoxy) is 1. The van der Waals surface area contributed by atoms with Crippen LogP contribution in [0.15, 0.2) is 53.4 Å². The van der Waals surface area contributed by atoms with Crippen molar-refractivity contribution in [1.82, 2.24) is 10.6 Å². The van der Waals surface area contributed by atoms with Gasteiger partial charge in [0, 0.05) is 10.4 Å². The van der Waals surface area contributed by atoms with Crippen LogP contribution in [0.2, 0.25) is 0 Å². The van der Waals surface area contributed by atoms with Crippen LogP contribution < -0.4 is 15.4 Å². The third-order valence-corrected chi connectivity index (χ3v) is 8.48. The summed E-state index contributed by atoms with van der Waals surface area (Å²) in [6.07, 6.45) is 7.45. The van der Waals surface area contributed by atoms with E-state index < -0.39 is 0 Å². The quantitative estimate of drug-likeness (QED) is 0.398. The summed E-state index contributed by atoms with van der Waals surface area (Å²) >= 11 is 1.41. The minimum atomic E-state index is -0.318. The number of hydrogen-bond donors (Lipinski definition) is 2. The van der Waals surface area contributed by atoms with Crippen molar-refractivity contribution in [3.63, 3.8) is 0 Å². The van der Waals surface area contributed by atoms with Crippen LogP contribution in [0.1, 0.15) is 48.9 Å². The summed E-state index contributed by atoms with van der Waals surface area (Å²) in [5.74, 6) is 2.77. The Bertz CT molecular complexity index is 1010. The number of benzene rings is 2. The highest BCUT2D eigenvalue weighted by atomic mass is 32.2. The van der Waals surface area contributed by atoms with Gasteiger partial charge in [0.1, 0.15) is 18.2 Å². The van der Waals surface area contributed by atoms with Crippen LogP contribution in [0.4, 0.5) is 4.39 Å². The van der Waals surface area contributed by atoms with Gasteiger partial charge in [-0.1, -0.05) is 12.1 Å². The Labute approximate surface area is 204 Å². The van der Waals surface area contributed by atoms with Crippen LogP contribution in [-0.2, 0) is 4.79 Å². The number of carbonyl (C=O) groups excluding carboxylic acids is 2. The Balaban J connectivity index is 1.11. The van der Waals surface area contributed by atoms with Crippen molar-refractivity contribution in [2.45, 2.75) is 49.0 Å². The molecule has 0 atom stereocenters. The van der Waals surface area contributed by atoms with Gasteiger partial charge in [-0.05, 0) is 92.7 Å². The molecule has 0 saturated heterocycles. The summed E-state index contributed by atoms with van der Waals surface area (Å²) in [6.45, 7) is 0.599. The standard InChI is InChI=1S/C27H31FN2O3S/c28-21-5-7-22(8-6-21)33-10-9-29-26(32)23-3-1-2-4-24(23)34-17-25(31)30-27-14-18-11-19(15-27)13-20(12-18)16-27/h1-8,18-20H,9-17H2,(H,29,32)(H,30,31). The summed E-state index contributed by atoms with van der Waals surface area (Å²) in [7, 11) is 0. The maximum Gasteiger partial charge on any atom is 0.252 e. The van der Waals surface area contributed by atoms with Crippen molar-refractivity contribution in [2.75, 3.05) is 18.9 Å². The first kappa shape index (κ1) is 23.2. The molecule has 2 aromatic rings. The van der Waals surface area contributed by atoms with E-state index in [1.807, 2.05) is 18.2 Å². The Morgan fingerprint density at radius 2 is 1.62 bits per heavy atom. The monoisotopic (exact) mass is 482 g/mol. The molecule has 5 nitrogen and oxygen atoms in total. The Kier molecular flexibility index (Phi) is 6.82. The predicted molar refractivity (Wildman–Crippen MR) is 130 cm³/mol. The molecule has 0 aromatic heterocycles. The fourth-order valence-electron chi connectivity index (χ4n) is 6.48. The first-order valence-electron chi connectivity index (χ1n) is 12.2. The lowest BCUT2D eigenvalue weighted by molar-refractivity contribution is -0.124. The largest absolute Gasteiger partial charge is 0.492 e. The molecule has 4 fully saturated rings. The average Bonchev–Trinajstić information content (AvgIpc) is 2.80. The number of carbonyl (C=O) groups is 2. The van der Waals surface area contributed by atoms with E-state index in [0.29, 0.717) is 23.6 Å². The van der Waals surface area contributed by atoms with Gasteiger partial charge >= 0.3 is 0 Å². The summed E-state index contributed by atoms with van der Waals surface area (Å²) in [5, 5.41) is 6.26. The lowest BCUT2D eigenvalue weighted by Gasteiger charge is -2.56. The van der Waals surface area contributed by atoms with Crippen molar-refractivity contribution >= 4 is 23.6 Å². The Morgan fingerprint density at radius 3 is 2.29 bits per heavy atom. The molecule has 4 bridgehead atoms. The van der Waals surface area contributed by atoms with E-state index in [1.54, 1.807) is 18.2 Å². The fraction of sp³-hybridized carbons (Fsp3) is 0.481. The maximum atomic E-state index is 13.0. The summed E-state index contributed by atoms with van der Waals surface area (Å²) < 4.78 is 18.5. The summed E-state index contributed by atoms with van der Waals surface area (Å²) in [5.41, 5.74) is 0.560. The Hall–Kier alpha value is -2.54. The zero-order valence-electron chi connectivity index (χ0n) is 19.2. The van der Waals surface area contributed by atoms with Crippen LogP contribution >= 0.6 is 11.8 Å². The molecule has 0 radical (unpaired) electrons. The van der Waals surface area contributed by atoms with E-state index in [-0.39, 0.29) is 29.8 Å². The first-order chi connectivity index (χ1) is 16.5. The number of amides is 2. The highest BCUT2D eigenvalue weighted by molar-refractivity contribution is 8.00. The van der Waals surface area contributed by atoms with Crippen LogP contribution in [0, 0.1) is 23.6 Å². The molecule has 7 heteroatoms. The highest BCUT2D eigenvalue weighted by Crippen LogP contribution is 2.55. The second-order valence-corrected chi connectivity index (χ2v) is 11.1. The lowest BCUT2D eigenvalue weighted by atomic mass is 9.53. The third-order valence-electron chi connectivity index (χ3n) is 7.40. The van der Waals surface area contributed by atoms with Crippen molar-refractivity contribution in [1.29, 1.82) is 0 Å². The molecule has 4 aliphatic carbocycles. The average molecular weight is 483 g/mol. The van der Waals surface area contributed by atoms with Crippen LogP contribution in [-0.4, -0.2) is 36.3 Å². The van der Waals surface area contributed by atoms with Crippen LogP contribution in [0.25, 0.3) is 0 Å². The molecule has 4 aliphatic rings. The van der Waals surface area contributed by atoms with Gasteiger partial charge in [0.15, 0.2) is 0 Å². The topological polar surface area (TPSA) is 67.4 Å². The first-order valence-corrected chi connectivity index (χ1v) is 13.2. The molecular weight excluding hydrogens is 451 g/mol. The van der Waals surface area contributed by atoms with E-state index in [1.165, 1.54) is 43.2 Å². The van der Waals surface area contributed by atoms with Gasteiger partial charge in [0.05, 0.1) is 17.9 Å². The zero-order valence-corrected chi connectivity index (χ0v) is 20.0. The van der Waals surface area contributed by atoms with Crippen molar-refractivity contribution in [3.8, 4) is 5.75 Å². The van der Waals surface area contributed by atoms with Crippen LogP contribution in [0.5, 0.6) is 5.75 Å². The molecule has 2 amide bonds. The molecule has 34 heavy (non-hydrogen) atoms. The molecule has 180 valence electrons. The van der Waals surface area contributed by atoms with Crippen molar-refractivity contribution in [2.24, 2.45) is 17.8 Å². The second-order valence-electron chi connectivity index (χ2n) is 10.1. The van der Waals surface area contributed by atoms with Crippen molar-refractivity contribution < 1.29 is 18.7 Å². The molecule has 6 rings (SSSR count). The molecule has 0 heterocycles. The van der Waals surface area contributed by atoms with Crippen LogP contribution in [0.3, 0.4) is 0 Å². The maximum absolute atomic E-state index is 13.0. The minimum Gasteiger partial charge on any atom is -0.492 e. The van der Waals surface area contributed by atoms with E-state index in [9.17, 15) is 14.0 Å². The van der Waals surface area contributed by atoms with E-state index in [4.69, 9.17) is 4.74 Å². The number of nitrogens with one attached hydrogen (secondary N) is 2. The van der Waals surface area contributed by atoms with Gasteiger partial charge < -0.3 is 15.4 Å². The lowest BCUT2D eigenvalue weighted by Crippen LogP contribution is -2.60. The number of thioether (sulfide) groups is 1. The molecule has 0 spiro atoms. The molecule has 4 saturated carbocycles. The molecule has 2 aromatic carbocycles. The molecular formula is C27H31FN2O3S. The van der Waals surface area contributed by atoms with Gasteiger partial charge in [-0.15, -0.1) is 11.8 Å². The third kappa shape index (κ3) is 5.40. The van der Waals surface area contributed by atoms with Gasteiger partial charge in [-0.3, -0.25) is 9.59 Å². The fourth-order valence-corrected chi connectivity index (χ4v) is 7.33. The van der Waals surface area contributed by atoms with Gasteiger partial charge in [0.2, 0.25) is 5.91 Å². The smallest absolute Gasteiger partial charge is 0.252 e. The summed E-state index contributed by atoms with van der Waals surface area (Å²) in [6, 6.07) is 13.1. The highest BCUT2D eigenvalue weighted by Gasteiger charge is 2.51. The van der Waals surface area contributed by atoms with Gasteiger partial charge in [0.25, 0.3) is 5.91 Å². The normalized spacial score (nSPS) is 26.8. The predicted octanol–water partition coefficient (Wildman–Crippen LogP) is 4.81. The minimum absolute atomic E-state index is 0.00775. The SMILES string of the molecule is O=C(CSc1ccccc1C(=O)NCCOc1ccc(F)cc1)NC12CC3CC(CC(C3)C1)C2. The van der Waals surface area contributed by atoms with E-state index in [0.717, 1.165) is 41.9 Å².